The number of carbonyl (C=O) groups excluding carboxylic acids is 1. The van der Waals surface area contributed by atoms with E-state index in [4.69, 9.17) is 14.6 Å². The van der Waals surface area contributed by atoms with E-state index in [0.717, 1.165) is 73.3 Å². The molecule has 2 saturated carbocycles. The van der Waals surface area contributed by atoms with Crippen LogP contribution in [0.3, 0.4) is 0 Å². The zero-order chi connectivity index (χ0) is 22.4. The summed E-state index contributed by atoms with van der Waals surface area (Å²) in [6.45, 7) is 0.519. The van der Waals surface area contributed by atoms with Gasteiger partial charge in [0.15, 0.2) is 11.5 Å². The SMILES string of the molecule is COc1ccc(C2=NN(Cc3ccccc3)C(=O)[C@@H]3CCCC[C@H]23)c2c1OC1(CCCC1)C2. The van der Waals surface area contributed by atoms with Crippen LogP contribution < -0.4 is 9.47 Å². The van der Waals surface area contributed by atoms with Crippen LogP contribution in [0.5, 0.6) is 11.5 Å². The Balaban J connectivity index is 1.44. The summed E-state index contributed by atoms with van der Waals surface area (Å²) < 4.78 is 12.3. The lowest BCUT2D eigenvalue weighted by atomic mass is 9.72. The van der Waals surface area contributed by atoms with Crippen LogP contribution >= 0.6 is 0 Å². The van der Waals surface area contributed by atoms with Gasteiger partial charge in [-0.05, 0) is 56.2 Å². The van der Waals surface area contributed by atoms with Crippen molar-refractivity contribution < 1.29 is 14.3 Å². The molecule has 5 heteroatoms. The molecule has 0 N–H and O–H groups in total. The number of rotatable bonds is 4. The van der Waals surface area contributed by atoms with E-state index in [0.29, 0.717) is 6.54 Å². The number of nitrogens with zero attached hydrogens (tertiary/aromatic N) is 2. The molecule has 0 saturated heterocycles. The summed E-state index contributed by atoms with van der Waals surface area (Å²) in [7, 11) is 1.72. The highest BCUT2D eigenvalue weighted by atomic mass is 16.5. The Kier molecular flexibility index (Phi) is 5.16. The molecule has 1 amide bonds. The van der Waals surface area contributed by atoms with E-state index in [9.17, 15) is 4.79 Å². The third-order valence-electron chi connectivity index (χ3n) is 8.14. The van der Waals surface area contributed by atoms with Gasteiger partial charge in [-0.1, -0.05) is 43.2 Å². The lowest BCUT2D eigenvalue weighted by molar-refractivity contribution is -0.139. The summed E-state index contributed by atoms with van der Waals surface area (Å²) in [4.78, 5) is 13.5. The number of methoxy groups -OCH3 is 1. The number of ether oxygens (including phenoxy) is 2. The maximum atomic E-state index is 13.5. The van der Waals surface area contributed by atoms with Crippen LogP contribution in [0.4, 0.5) is 0 Å². The van der Waals surface area contributed by atoms with Gasteiger partial charge in [0.2, 0.25) is 5.91 Å². The minimum atomic E-state index is -0.0908. The molecular weight excluding hydrogens is 412 g/mol. The quantitative estimate of drug-likeness (QED) is 0.626. The Morgan fingerprint density at radius 2 is 1.79 bits per heavy atom. The van der Waals surface area contributed by atoms with Gasteiger partial charge < -0.3 is 9.47 Å². The standard InChI is InChI=1S/C28H32N2O3/c1-32-24-14-13-21(23-17-28(33-26(23)24)15-7-8-16-28)25-20-11-5-6-12-22(20)27(31)30(29-25)18-19-9-3-2-4-10-19/h2-4,9-10,13-14,20,22H,5-8,11-12,15-18H2,1H3/t20-,22+/m0/s1. The molecule has 2 fully saturated rings. The van der Waals surface area contributed by atoms with Gasteiger partial charge in [-0.15, -0.1) is 0 Å². The van der Waals surface area contributed by atoms with Gasteiger partial charge in [0, 0.05) is 29.4 Å². The van der Waals surface area contributed by atoms with Gasteiger partial charge in [-0.3, -0.25) is 4.79 Å². The van der Waals surface area contributed by atoms with Crippen molar-refractivity contribution in [2.24, 2.45) is 16.9 Å². The molecule has 5 nitrogen and oxygen atoms in total. The maximum Gasteiger partial charge on any atom is 0.246 e. The number of carbonyl (C=O) groups is 1. The van der Waals surface area contributed by atoms with Crippen molar-refractivity contribution in [2.45, 2.75) is 69.9 Å². The van der Waals surface area contributed by atoms with E-state index in [1.54, 1.807) is 12.1 Å². The average Bonchev–Trinajstić information content (AvgIpc) is 3.47. The molecule has 2 heterocycles. The zero-order valence-electron chi connectivity index (χ0n) is 19.4. The van der Waals surface area contributed by atoms with Crippen molar-refractivity contribution in [1.29, 1.82) is 0 Å². The van der Waals surface area contributed by atoms with Crippen LogP contribution in [0, 0.1) is 11.8 Å². The molecule has 0 bridgehead atoms. The highest BCUT2D eigenvalue weighted by molar-refractivity contribution is 6.08. The Morgan fingerprint density at radius 1 is 1.03 bits per heavy atom. The van der Waals surface area contributed by atoms with Crippen LogP contribution in [0.15, 0.2) is 47.6 Å². The van der Waals surface area contributed by atoms with Gasteiger partial charge in [-0.2, -0.15) is 5.10 Å². The van der Waals surface area contributed by atoms with E-state index in [1.807, 2.05) is 24.3 Å². The number of fused-ring (bicyclic) bond motifs is 2. The Hall–Kier alpha value is -2.82. The van der Waals surface area contributed by atoms with Crippen LogP contribution in [0.1, 0.15) is 68.1 Å². The predicted molar refractivity (Wildman–Crippen MR) is 128 cm³/mol. The largest absolute Gasteiger partial charge is 0.493 e. The van der Waals surface area contributed by atoms with Gasteiger partial charge >= 0.3 is 0 Å². The average molecular weight is 445 g/mol. The first-order valence-corrected chi connectivity index (χ1v) is 12.5. The van der Waals surface area contributed by atoms with Crippen LogP contribution in [-0.2, 0) is 17.8 Å². The summed E-state index contributed by atoms with van der Waals surface area (Å²) in [5, 5.41) is 6.80. The van der Waals surface area contributed by atoms with E-state index in [2.05, 4.69) is 18.2 Å². The Labute approximate surface area is 195 Å². The number of hydrazone groups is 1. The molecule has 2 aromatic rings. The molecule has 0 unspecified atom stereocenters. The molecule has 172 valence electrons. The van der Waals surface area contributed by atoms with E-state index >= 15 is 0 Å². The van der Waals surface area contributed by atoms with Gasteiger partial charge in [0.25, 0.3) is 0 Å². The highest BCUT2D eigenvalue weighted by Crippen LogP contribution is 2.51. The lowest BCUT2D eigenvalue weighted by Gasteiger charge is -2.39. The van der Waals surface area contributed by atoms with Crippen molar-refractivity contribution in [3.05, 3.63) is 59.2 Å². The van der Waals surface area contributed by atoms with Crippen LogP contribution in [0.25, 0.3) is 0 Å². The van der Waals surface area contributed by atoms with Crippen molar-refractivity contribution in [2.75, 3.05) is 7.11 Å². The predicted octanol–water partition coefficient (Wildman–Crippen LogP) is 5.50. The second kappa shape index (κ2) is 8.19. The van der Waals surface area contributed by atoms with E-state index < -0.39 is 0 Å². The first kappa shape index (κ1) is 20.8. The van der Waals surface area contributed by atoms with Crippen LogP contribution in [-0.4, -0.2) is 29.3 Å². The first-order valence-electron chi connectivity index (χ1n) is 12.5. The maximum absolute atomic E-state index is 13.5. The molecule has 0 aromatic heterocycles. The number of benzene rings is 2. The smallest absolute Gasteiger partial charge is 0.246 e. The summed E-state index contributed by atoms with van der Waals surface area (Å²) >= 11 is 0. The summed E-state index contributed by atoms with van der Waals surface area (Å²) in [6.07, 6.45) is 9.80. The van der Waals surface area contributed by atoms with Gasteiger partial charge in [-0.25, -0.2) is 5.01 Å². The van der Waals surface area contributed by atoms with E-state index in [-0.39, 0.29) is 23.3 Å². The molecule has 0 radical (unpaired) electrons. The van der Waals surface area contributed by atoms with Crippen molar-refractivity contribution in [1.82, 2.24) is 5.01 Å². The minimum Gasteiger partial charge on any atom is -0.493 e. The number of hydrogen-bond donors (Lipinski definition) is 0. The van der Waals surface area contributed by atoms with Gasteiger partial charge in [0.05, 0.1) is 19.4 Å². The molecule has 33 heavy (non-hydrogen) atoms. The van der Waals surface area contributed by atoms with Gasteiger partial charge in [0.1, 0.15) is 5.60 Å². The number of amides is 1. The minimum absolute atomic E-state index is 0.0236. The second-order valence-corrected chi connectivity index (χ2v) is 10.2. The highest BCUT2D eigenvalue weighted by Gasteiger charge is 2.47. The first-order chi connectivity index (χ1) is 16.2. The third-order valence-corrected chi connectivity index (χ3v) is 8.14. The van der Waals surface area contributed by atoms with Crippen LogP contribution in [0.2, 0.25) is 0 Å². The van der Waals surface area contributed by atoms with Crippen molar-refractivity contribution in [3.8, 4) is 11.5 Å². The third kappa shape index (κ3) is 3.53. The van der Waals surface area contributed by atoms with Crippen molar-refractivity contribution >= 4 is 11.6 Å². The van der Waals surface area contributed by atoms with Crippen molar-refractivity contribution in [3.63, 3.8) is 0 Å². The Bertz CT molecular complexity index is 1090. The summed E-state index contributed by atoms with van der Waals surface area (Å²) in [6, 6.07) is 14.4. The topological polar surface area (TPSA) is 51.1 Å². The molecule has 2 aromatic carbocycles. The lowest BCUT2D eigenvalue weighted by Crippen LogP contribution is -2.46. The normalized spacial score (nSPS) is 25.4. The molecule has 2 aliphatic heterocycles. The molecule has 4 aliphatic rings. The molecule has 2 aliphatic carbocycles. The fourth-order valence-electron chi connectivity index (χ4n) is 6.49. The molecular formula is C28H32N2O3. The monoisotopic (exact) mass is 444 g/mol. The Morgan fingerprint density at radius 3 is 2.55 bits per heavy atom. The number of hydrogen-bond acceptors (Lipinski definition) is 4. The summed E-state index contributed by atoms with van der Waals surface area (Å²) in [5.41, 5.74) is 4.49. The molecule has 1 spiro atoms. The van der Waals surface area contributed by atoms with E-state index in [1.165, 1.54) is 18.4 Å². The second-order valence-electron chi connectivity index (χ2n) is 10.2. The molecule has 2 atom stereocenters. The molecule has 6 rings (SSSR count). The zero-order valence-corrected chi connectivity index (χ0v) is 19.4. The fraction of sp³-hybridized carbons (Fsp3) is 0.500. The fourth-order valence-corrected chi connectivity index (χ4v) is 6.49. The summed E-state index contributed by atoms with van der Waals surface area (Å²) in [5.74, 6) is 2.11.